The molecule has 0 aliphatic heterocycles. The molecule has 2 aromatic carbocycles. The van der Waals surface area contributed by atoms with E-state index in [-0.39, 0.29) is 16.6 Å². The fourth-order valence-electron chi connectivity index (χ4n) is 1.53. The zero-order valence-electron chi connectivity index (χ0n) is 11.5. The molecule has 0 saturated heterocycles. The lowest BCUT2D eigenvalue weighted by atomic mass is 10.2. The van der Waals surface area contributed by atoms with E-state index in [2.05, 4.69) is 10.2 Å². The average Bonchev–Trinajstić information content (AvgIpc) is 2.49. The van der Waals surface area contributed by atoms with Crippen molar-refractivity contribution in [2.45, 2.75) is 4.90 Å². The van der Waals surface area contributed by atoms with Gasteiger partial charge in [0.25, 0.3) is 0 Å². The molecule has 0 spiro atoms. The van der Waals surface area contributed by atoms with Crippen LogP contribution in [0.15, 0.2) is 69.7 Å². The molecule has 2 aromatic rings. The molecule has 0 atom stereocenters. The maximum Gasteiger partial charge on any atom is 0.339 e. The summed E-state index contributed by atoms with van der Waals surface area (Å²) in [5, 5.41) is 7.10. The summed E-state index contributed by atoms with van der Waals surface area (Å²) in [6.45, 7) is 0. The maximum absolute atomic E-state index is 12.0. The normalized spacial score (nSPS) is 11.3. The fourth-order valence-corrected chi connectivity index (χ4v) is 2.48. The smallest absolute Gasteiger partial charge is 0.339 e. The molecule has 4 N–H and O–H groups in total. The van der Waals surface area contributed by atoms with E-state index < -0.39 is 10.1 Å². The topological polar surface area (TPSA) is 120 Å². The third-order valence-corrected chi connectivity index (χ3v) is 3.76. The zero-order chi connectivity index (χ0) is 16.0. The van der Waals surface area contributed by atoms with Gasteiger partial charge in [0.05, 0.1) is 6.21 Å². The summed E-state index contributed by atoms with van der Waals surface area (Å²) in [7, 11) is -3.84. The molecule has 8 heteroatoms. The molecule has 0 aliphatic rings. The Morgan fingerprint density at radius 2 is 1.64 bits per heavy atom. The third kappa shape index (κ3) is 4.32. The van der Waals surface area contributed by atoms with Crippen LogP contribution in [-0.4, -0.2) is 20.6 Å². The van der Waals surface area contributed by atoms with Gasteiger partial charge in [-0.2, -0.15) is 13.5 Å². The molecule has 0 unspecified atom stereocenters. The van der Waals surface area contributed by atoms with E-state index in [1.54, 1.807) is 30.3 Å². The van der Waals surface area contributed by atoms with Gasteiger partial charge in [0.15, 0.2) is 0 Å². The van der Waals surface area contributed by atoms with Crippen molar-refractivity contribution in [2.24, 2.45) is 21.7 Å². The van der Waals surface area contributed by atoms with Crippen LogP contribution in [0.1, 0.15) is 5.56 Å². The van der Waals surface area contributed by atoms with Crippen molar-refractivity contribution in [1.29, 1.82) is 0 Å². The van der Waals surface area contributed by atoms with Crippen LogP contribution >= 0.6 is 0 Å². The SMILES string of the molecule is NC(N)=N/N=C/c1ccc(OS(=O)(=O)c2ccccc2)cc1. The molecule has 7 nitrogen and oxygen atoms in total. The standard InChI is InChI=1S/C14H14N4O3S/c15-14(16)18-17-10-11-6-8-12(9-7-11)21-22(19,20)13-4-2-1-3-5-13/h1-10H,(H4,15,16,18)/b17-10+. The summed E-state index contributed by atoms with van der Waals surface area (Å²) in [5.41, 5.74) is 11.0. The van der Waals surface area contributed by atoms with Gasteiger partial charge in [0.2, 0.25) is 5.96 Å². The summed E-state index contributed by atoms with van der Waals surface area (Å²) >= 11 is 0. The van der Waals surface area contributed by atoms with Gasteiger partial charge < -0.3 is 15.7 Å². The minimum Gasteiger partial charge on any atom is -0.379 e. The van der Waals surface area contributed by atoms with Gasteiger partial charge in [-0.15, -0.1) is 5.10 Å². The van der Waals surface area contributed by atoms with Crippen LogP contribution in [0.5, 0.6) is 5.75 Å². The minimum absolute atomic E-state index is 0.0911. The second kappa shape index (κ2) is 6.72. The number of hydrogen-bond acceptors (Lipinski definition) is 5. The highest BCUT2D eigenvalue weighted by Gasteiger charge is 2.15. The summed E-state index contributed by atoms with van der Waals surface area (Å²) < 4.78 is 29.1. The molecular formula is C14H14N4O3S. The molecule has 0 amide bonds. The third-order valence-electron chi connectivity index (χ3n) is 2.50. The van der Waals surface area contributed by atoms with Gasteiger partial charge >= 0.3 is 10.1 Å². The lowest BCUT2D eigenvalue weighted by Gasteiger charge is -2.06. The Bertz CT molecular complexity index is 781. The van der Waals surface area contributed by atoms with Crippen molar-refractivity contribution in [3.05, 3.63) is 60.2 Å². The summed E-state index contributed by atoms with van der Waals surface area (Å²) in [5.74, 6) is 0.0491. The van der Waals surface area contributed by atoms with Crippen molar-refractivity contribution in [1.82, 2.24) is 0 Å². The lowest BCUT2D eigenvalue weighted by molar-refractivity contribution is 0.486. The first-order valence-electron chi connectivity index (χ1n) is 6.19. The van der Waals surface area contributed by atoms with Crippen LogP contribution in [0.4, 0.5) is 0 Å². The van der Waals surface area contributed by atoms with Gasteiger partial charge in [-0.05, 0) is 42.0 Å². The van der Waals surface area contributed by atoms with E-state index in [1.165, 1.54) is 30.5 Å². The molecule has 0 radical (unpaired) electrons. The second-order valence-electron chi connectivity index (χ2n) is 4.19. The fraction of sp³-hybridized carbons (Fsp3) is 0. The van der Waals surface area contributed by atoms with Gasteiger partial charge in [0, 0.05) is 0 Å². The Morgan fingerprint density at radius 3 is 2.23 bits per heavy atom. The first-order valence-corrected chi connectivity index (χ1v) is 7.60. The minimum atomic E-state index is -3.84. The van der Waals surface area contributed by atoms with Crippen molar-refractivity contribution < 1.29 is 12.6 Å². The molecule has 0 aromatic heterocycles. The number of guanidine groups is 1. The lowest BCUT2D eigenvalue weighted by Crippen LogP contribution is -2.21. The molecule has 22 heavy (non-hydrogen) atoms. The molecule has 0 saturated carbocycles. The van der Waals surface area contributed by atoms with E-state index in [0.717, 1.165) is 0 Å². The largest absolute Gasteiger partial charge is 0.379 e. The Labute approximate surface area is 128 Å². The van der Waals surface area contributed by atoms with Crippen molar-refractivity contribution in [3.63, 3.8) is 0 Å². The molecule has 0 heterocycles. The van der Waals surface area contributed by atoms with E-state index in [9.17, 15) is 8.42 Å². The van der Waals surface area contributed by atoms with E-state index in [0.29, 0.717) is 5.56 Å². The molecule has 0 aliphatic carbocycles. The van der Waals surface area contributed by atoms with Gasteiger partial charge in [-0.3, -0.25) is 0 Å². The van der Waals surface area contributed by atoms with Crippen molar-refractivity contribution in [2.75, 3.05) is 0 Å². The highest BCUT2D eigenvalue weighted by molar-refractivity contribution is 7.87. The Hall–Kier alpha value is -2.87. The highest BCUT2D eigenvalue weighted by atomic mass is 32.2. The maximum atomic E-state index is 12.0. The quantitative estimate of drug-likeness (QED) is 0.369. The summed E-state index contributed by atoms with van der Waals surface area (Å²) in [6.07, 6.45) is 1.43. The van der Waals surface area contributed by atoms with Crippen LogP contribution < -0.4 is 15.7 Å². The zero-order valence-corrected chi connectivity index (χ0v) is 12.3. The Morgan fingerprint density at radius 1 is 1.00 bits per heavy atom. The van der Waals surface area contributed by atoms with Crippen molar-refractivity contribution >= 4 is 22.3 Å². The number of nitrogens with zero attached hydrogens (tertiary/aromatic N) is 2. The van der Waals surface area contributed by atoms with Crippen LogP contribution in [-0.2, 0) is 10.1 Å². The van der Waals surface area contributed by atoms with Gasteiger partial charge in [-0.1, -0.05) is 18.2 Å². The first kappa shape index (κ1) is 15.5. The van der Waals surface area contributed by atoms with Crippen LogP contribution in [0.2, 0.25) is 0 Å². The Balaban J connectivity index is 2.12. The second-order valence-corrected chi connectivity index (χ2v) is 5.74. The van der Waals surface area contributed by atoms with Crippen molar-refractivity contribution in [3.8, 4) is 5.75 Å². The van der Waals surface area contributed by atoms with Crippen LogP contribution in [0.25, 0.3) is 0 Å². The van der Waals surface area contributed by atoms with E-state index >= 15 is 0 Å². The molecular weight excluding hydrogens is 304 g/mol. The predicted octanol–water partition coefficient (Wildman–Crippen LogP) is 1.06. The Kier molecular flexibility index (Phi) is 4.74. The number of hydrogen-bond donors (Lipinski definition) is 2. The van der Waals surface area contributed by atoms with E-state index in [1.807, 2.05) is 0 Å². The van der Waals surface area contributed by atoms with Gasteiger partial charge in [-0.25, -0.2) is 0 Å². The highest BCUT2D eigenvalue weighted by Crippen LogP contribution is 2.18. The molecule has 114 valence electrons. The summed E-state index contributed by atoms with van der Waals surface area (Å²) in [6, 6.07) is 14.2. The van der Waals surface area contributed by atoms with Crippen LogP contribution in [0.3, 0.4) is 0 Å². The number of nitrogens with two attached hydrogens (primary N) is 2. The first-order chi connectivity index (χ1) is 10.5. The number of benzene rings is 2. The predicted molar refractivity (Wildman–Crippen MR) is 84.1 cm³/mol. The number of rotatable bonds is 5. The van der Waals surface area contributed by atoms with Gasteiger partial charge in [0.1, 0.15) is 10.6 Å². The van der Waals surface area contributed by atoms with Crippen LogP contribution in [0, 0.1) is 0 Å². The summed E-state index contributed by atoms with van der Waals surface area (Å²) in [4.78, 5) is 0.0911. The molecule has 2 rings (SSSR count). The average molecular weight is 318 g/mol. The monoisotopic (exact) mass is 318 g/mol. The molecule has 0 fully saturated rings. The molecule has 0 bridgehead atoms. The van der Waals surface area contributed by atoms with E-state index in [4.69, 9.17) is 15.7 Å².